The van der Waals surface area contributed by atoms with Gasteiger partial charge in [-0.15, -0.1) is 5.10 Å². The first kappa shape index (κ1) is 19.8. The molecule has 2 aliphatic rings. The van der Waals surface area contributed by atoms with Crippen LogP contribution in [0.4, 0.5) is 0 Å². The molecule has 1 fully saturated rings. The fourth-order valence-corrected chi connectivity index (χ4v) is 4.41. The Bertz CT molecular complexity index is 1210. The molecule has 0 radical (unpaired) electrons. The van der Waals surface area contributed by atoms with Gasteiger partial charge in [0.05, 0.1) is 12.2 Å². The van der Waals surface area contributed by atoms with Gasteiger partial charge in [0.15, 0.2) is 0 Å². The number of carbonyl (C=O) groups is 1. The normalized spacial score (nSPS) is 16.8. The summed E-state index contributed by atoms with van der Waals surface area (Å²) in [6.45, 7) is 7.82. The summed E-state index contributed by atoms with van der Waals surface area (Å²) in [6.07, 6.45) is 3.01. The van der Waals surface area contributed by atoms with Crippen LogP contribution in [0.3, 0.4) is 0 Å². The summed E-state index contributed by atoms with van der Waals surface area (Å²) in [6, 6.07) is 3.65. The zero-order chi connectivity index (χ0) is 21.5. The number of aryl methyl sites for hydroxylation is 4. The quantitative estimate of drug-likeness (QED) is 0.594. The maximum atomic E-state index is 12.9. The minimum absolute atomic E-state index is 0.0217. The standard InChI is InChI=1S/C21H26N8O2/c1-14-12-15(2)29-21(22-14)23-19(25-29)20(31)27-9-6-26(7-10-27)8-11-28-18(30)13-16-4-3-5-17(16)24-28/h12-13H,3-11H2,1-2H3. The summed E-state index contributed by atoms with van der Waals surface area (Å²) in [5, 5.41) is 8.90. The second-order valence-electron chi connectivity index (χ2n) is 8.35. The Hall–Kier alpha value is -3.14. The van der Waals surface area contributed by atoms with E-state index in [4.69, 9.17) is 0 Å². The van der Waals surface area contributed by atoms with Crippen LogP contribution in [0.5, 0.6) is 0 Å². The third kappa shape index (κ3) is 3.83. The van der Waals surface area contributed by atoms with Gasteiger partial charge in [-0.2, -0.15) is 10.1 Å². The summed E-state index contributed by atoms with van der Waals surface area (Å²) in [5.41, 5.74) is 3.90. The van der Waals surface area contributed by atoms with Gasteiger partial charge >= 0.3 is 0 Å². The number of piperazine rings is 1. The molecule has 3 aromatic heterocycles. The molecule has 162 valence electrons. The predicted molar refractivity (Wildman–Crippen MR) is 113 cm³/mol. The molecule has 0 atom stereocenters. The van der Waals surface area contributed by atoms with Gasteiger partial charge in [0.1, 0.15) is 0 Å². The van der Waals surface area contributed by atoms with Gasteiger partial charge in [0.25, 0.3) is 17.2 Å². The van der Waals surface area contributed by atoms with Crippen LogP contribution >= 0.6 is 0 Å². The highest BCUT2D eigenvalue weighted by atomic mass is 16.2. The van der Waals surface area contributed by atoms with Crippen LogP contribution in [0, 0.1) is 13.8 Å². The zero-order valence-electron chi connectivity index (χ0n) is 17.9. The zero-order valence-corrected chi connectivity index (χ0v) is 17.9. The lowest BCUT2D eigenvalue weighted by molar-refractivity contribution is 0.0619. The van der Waals surface area contributed by atoms with Crippen molar-refractivity contribution in [1.29, 1.82) is 0 Å². The summed E-state index contributed by atoms with van der Waals surface area (Å²) < 4.78 is 3.19. The van der Waals surface area contributed by atoms with Crippen molar-refractivity contribution in [3.05, 3.63) is 51.0 Å². The molecule has 10 nitrogen and oxygen atoms in total. The molecule has 0 bridgehead atoms. The van der Waals surface area contributed by atoms with E-state index >= 15 is 0 Å². The van der Waals surface area contributed by atoms with Crippen molar-refractivity contribution in [3.63, 3.8) is 0 Å². The first-order valence-electron chi connectivity index (χ1n) is 10.8. The van der Waals surface area contributed by atoms with Crippen molar-refractivity contribution in [2.24, 2.45) is 0 Å². The first-order valence-corrected chi connectivity index (χ1v) is 10.8. The van der Waals surface area contributed by atoms with E-state index in [9.17, 15) is 9.59 Å². The largest absolute Gasteiger partial charge is 0.333 e. The third-order valence-electron chi connectivity index (χ3n) is 6.12. The molecule has 1 amide bonds. The molecule has 1 aliphatic heterocycles. The molecule has 1 saturated heterocycles. The van der Waals surface area contributed by atoms with Crippen molar-refractivity contribution in [2.75, 3.05) is 32.7 Å². The van der Waals surface area contributed by atoms with Gasteiger partial charge in [0, 0.05) is 50.2 Å². The monoisotopic (exact) mass is 422 g/mol. The molecule has 4 heterocycles. The molecule has 5 rings (SSSR count). The molecular formula is C21H26N8O2. The van der Waals surface area contributed by atoms with Crippen molar-refractivity contribution >= 4 is 11.7 Å². The smallest absolute Gasteiger partial charge is 0.293 e. The third-order valence-corrected chi connectivity index (χ3v) is 6.12. The Balaban J connectivity index is 1.19. The van der Waals surface area contributed by atoms with E-state index in [2.05, 4.69) is 25.1 Å². The molecular weight excluding hydrogens is 396 g/mol. The van der Waals surface area contributed by atoms with Crippen LogP contribution in [0.15, 0.2) is 16.9 Å². The molecule has 10 heteroatoms. The molecule has 0 N–H and O–H groups in total. The number of rotatable bonds is 4. The molecule has 0 unspecified atom stereocenters. The highest BCUT2D eigenvalue weighted by Gasteiger charge is 2.25. The van der Waals surface area contributed by atoms with Crippen LogP contribution in [0.2, 0.25) is 0 Å². The maximum absolute atomic E-state index is 12.9. The highest BCUT2D eigenvalue weighted by molar-refractivity contribution is 5.91. The van der Waals surface area contributed by atoms with Crippen LogP contribution in [0.25, 0.3) is 5.78 Å². The summed E-state index contributed by atoms with van der Waals surface area (Å²) >= 11 is 0. The number of amides is 1. The Kier molecular flexibility index (Phi) is 5.01. The molecule has 0 aromatic carbocycles. The molecule has 1 aliphatic carbocycles. The summed E-state index contributed by atoms with van der Waals surface area (Å²) in [5.74, 6) is 0.467. The van der Waals surface area contributed by atoms with E-state index in [1.54, 1.807) is 20.2 Å². The van der Waals surface area contributed by atoms with Crippen molar-refractivity contribution in [2.45, 2.75) is 39.7 Å². The number of hydrogen-bond donors (Lipinski definition) is 0. The SMILES string of the molecule is Cc1cc(C)n2nc(C(=O)N3CCN(CCn4nc5c(cc4=O)CCC5)CC3)nc2n1. The van der Waals surface area contributed by atoms with E-state index in [0.717, 1.165) is 61.5 Å². The summed E-state index contributed by atoms with van der Waals surface area (Å²) in [4.78, 5) is 37.9. The van der Waals surface area contributed by atoms with Crippen LogP contribution in [0.1, 0.15) is 39.7 Å². The van der Waals surface area contributed by atoms with E-state index in [1.807, 2.05) is 19.9 Å². The first-order chi connectivity index (χ1) is 15.0. The molecule has 0 saturated carbocycles. The second-order valence-corrected chi connectivity index (χ2v) is 8.35. The summed E-state index contributed by atoms with van der Waals surface area (Å²) in [7, 11) is 0. The highest BCUT2D eigenvalue weighted by Crippen LogP contribution is 2.17. The van der Waals surface area contributed by atoms with E-state index < -0.39 is 0 Å². The van der Waals surface area contributed by atoms with Gasteiger partial charge in [-0.05, 0) is 44.7 Å². The topological polar surface area (TPSA) is 102 Å². The van der Waals surface area contributed by atoms with Crippen molar-refractivity contribution in [1.82, 2.24) is 39.2 Å². The van der Waals surface area contributed by atoms with Gasteiger partial charge in [-0.3, -0.25) is 14.5 Å². The number of fused-ring (bicyclic) bond motifs is 2. The van der Waals surface area contributed by atoms with Crippen LogP contribution < -0.4 is 5.56 Å². The van der Waals surface area contributed by atoms with Crippen LogP contribution in [-0.2, 0) is 19.4 Å². The minimum atomic E-state index is -0.168. The van der Waals surface area contributed by atoms with Gasteiger partial charge in [-0.1, -0.05) is 0 Å². The number of carbonyl (C=O) groups excluding carboxylic acids is 1. The fourth-order valence-electron chi connectivity index (χ4n) is 4.41. The lowest BCUT2D eigenvalue weighted by Gasteiger charge is -2.34. The fraction of sp³-hybridized carbons (Fsp3) is 0.524. The Morgan fingerprint density at radius 1 is 1.00 bits per heavy atom. The van der Waals surface area contributed by atoms with Crippen LogP contribution in [-0.4, -0.2) is 77.8 Å². The minimum Gasteiger partial charge on any atom is -0.333 e. The number of aromatic nitrogens is 6. The Labute approximate surface area is 179 Å². The Morgan fingerprint density at radius 2 is 1.81 bits per heavy atom. The van der Waals surface area contributed by atoms with Gasteiger partial charge in [-0.25, -0.2) is 14.2 Å². The number of hydrogen-bond acceptors (Lipinski definition) is 7. The van der Waals surface area contributed by atoms with E-state index in [1.165, 1.54) is 0 Å². The van der Waals surface area contributed by atoms with Gasteiger partial charge < -0.3 is 4.90 Å². The van der Waals surface area contributed by atoms with Crippen molar-refractivity contribution < 1.29 is 4.79 Å². The van der Waals surface area contributed by atoms with Crippen molar-refractivity contribution in [3.8, 4) is 0 Å². The lowest BCUT2D eigenvalue weighted by atomic mass is 10.2. The molecule has 0 spiro atoms. The van der Waals surface area contributed by atoms with E-state index in [-0.39, 0.29) is 17.3 Å². The lowest BCUT2D eigenvalue weighted by Crippen LogP contribution is -2.49. The number of nitrogens with zero attached hydrogens (tertiary/aromatic N) is 8. The van der Waals surface area contributed by atoms with Gasteiger partial charge in [0.2, 0.25) is 5.82 Å². The second kappa shape index (κ2) is 7.84. The molecule has 3 aromatic rings. The average molecular weight is 422 g/mol. The molecule has 31 heavy (non-hydrogen) atoms. The van der Waals surface area contributed by atoms with E-state index in [0.29, 0.717) is 25.4 Å². The maximum Gasteiger partial charge on any atom is 0.293 e. The average Bonchev–Trinajstić information content (AvgIpc) is 3.38. The Morgan fingerprint density at radius 3 is 2.61 bits per heavy atom. The predicted octanol–water partition coefficient (Wildman–Crippen LogP) is 0.245.